The zero-order chi connectivity index (χ0) is 6.85. The summed E-state index contributed by atoms with van der Waals surface area (Å²) in [5.41, 5.74) is 0. The van der Waals surface area contributed by atoms with Crippen molar-refractivity contribution in [2.24, 2.45) is 0 Å². The summed E-state index contributed by atoms with van der Waals surface area (Å²) in [6, 6.07) is 0. The third kappa shape index (κ3) is 1.04. The van der Waals surface area contributed by atoms with E-state index in [4.69, 9.17) is 9.94 Å². The Morgan fingerprint density at radius 1 is 1.89 bits per heavy atom. The highest BCUT2D eigenvalue weighted by Gasteiger charge is 2.29. The minimum Gasteiger partial charge on any atom is -0.359 e. The second-order valence-corrected chi connectivity index (χ2v) is 1.97. The van der Waals surface area contributed by atoms with Gasteiger partial charge in [0.25, 0.3) is 0 Å². The number of nitrogens with zero attached hydrogens (tertiary/aromatic N) is 1. The van der Waals surface area contributed by atoms with Crippen LogP contribution in [0.25, 0.3) is 0 Å². The zero-order valence-electron chi connectivity index (χ0n) is 5.20. The van der Waals surface area contributed by atoms with Crippen molar-refractivity contribution in [1.82, 2.24) is 5.06 Å². The standard InChI is InChI=1S/C5H9NO3/c1-9-5-3-2-4(7)6(5)8/h5,8H,2-3H2,1H3. The van der Waals surface area contributed by atoms with E-state index in [1.165, 1.54) is 7.11 Å². The van der Waals surface area contributed by atoms with Crippen LogP contribution in [0.4, 0.5) is 0 Å². The van der Waals surface area contributed by atoms with Gasteiger partial charge in [0.2, 0.25) is 5.91 Å². The molecule has 4 heteroatoms. The monoisotopic (exact) mass is 131 g/mol. The molecule has 1 rings (SSSR count). The van der Waals surface area contributed by atoms with E-state index >= 15 is 0 Å². The van der Waals surface area contributed by atoms with Crippen LogP contribution in [0.5, 0.6) is 0 Å². The number of hydroxylamine groups is 2. The van der Waals surface area contributed by atoms with Gasteiger partial charge in [0, 0.05) is 20.0 Å². The Kier molecular flexibility index (Phi) is 1.68. The molecule has 1 heterocycles. The Balaban J connectivity index is 2.51. The third-order valence-electron chi connectivity index (χ3n) is 1.41. The number of hydrogen-bond acceptors (Lipinski definition) is 3. The SMILES string of the molecule is COC1CCC(=O)N1O. The van der Waals surface area contributed by atoms with Crippen LogP contribution in [-0.2, 0) is 9.53 Å². The summed E-state index contributed by atoms with van der Waals surface area (Å²) in [6.07, 6.45) is 0.554. The molecule has 0 saturated carbocycles. The molecule has 0 aromatic carbocycles. The highest BCUT2D eigenvalue weighted by atomic mass is 16.6. The number of hydrogen-bond donors (Lipinski definition) is 1. The van der Waals surface area contributed by atoms with E-state index in [1.807, 2.05) is 0 Å². The first-order valence-electron chi connectivity index (χ1n) is 2.79. The van der Waals surface area contributed by atoms with E-state index in [0.29, 0.717) is 17.9 Å². The quantitative estimate of drug-likeness (QED) is 0.508. The topological polar surface area (TPSA) is 49.8 Å². The lowest BCUT2D eigenvalue weighted by molar-refractivity contribution is -0.196. The number of methoxy groups -OCH3 is 1. The molecule has 0 radical (unpaired) electrons. The summed E-state index contributed by atoms with van der Waals surface area (Å²) >= 11 is 0. The molecule has 1 fully saturated rings. The van der Waals surface area contributed by atoms with Crippen molar-refractivity contribution < 1.29 is 14.7 Å². The highest BCUT2D eigenvalue weighted by Crippen LogP contribution is 2.15. The van der Waals surface area contributed by atoms with Crippen LogP contribution >= 0.6 is 0 Å². The Morgan fingerprint density at radius 3 is 2.78 bits per heavy atom. The van der Waals surface area contributed by atoms with Crippen LogP contribution in [0, 0.1) is 0 Å². The average Bonchev–Trinajstić information content (AvgIpc) is 2.15. The van der Waals surface area contributed by atoms with Crippen LogP contribution in [0.3, 0.4) is 0 Å². The predicted molar refractivity (Wildman–Crippen MR) is 28.7 cm³/mol. The van der Waals surface area contributed by atoms with Gasteiger partial charge < -0.3 is 4.74 Å². The van der Waals surface area contributed by atoms with E-state index in [0.717, 1.165) is 0 Å². The lowest BCUT2D eigenvalue weighted by atomic mass is 10.4. The van der Waals surface area contributed by atoms with Crippen LogP contribution in [-0.4, -0.2) is 29.5 Å². The van der Waals surface area contributed by atoms with Gasteiger partial charge in [-0.3, -0.25) is 10.0 Å². The number of carbonyl (C=O) groups excluding carboxylic acids is 1. The first-order chi connectivity index (χ1) is 4.25. The van der Waals surface area contributed by atoms with Gasteiger partial charge in [-0.05, 0) is 0 Å². The van der Waals surface area contributed by atoms with Crippen molar-refractivity contribution in [2.75, 3.05) is 7.11 Å². The lowest BCUT2D eigenvalue weighted by Crippen LogP contribution is -2.30. The first kappa shape index (κ1) is 6.51. The lowest BCUT2D eigenvalue weighted by Gasteiger charge is -2.14. The summed E-state index contributed by atoms with van der Waals surface area (Å²) < 4.78 is 4.75. The van der Waals surface area contributed by atoms with E-state index in [2.05, 4.69) is 0 Å². The molecule has 1 saturated heterocycles. The second kappa shape index (κ2) is 2.33. The summed E-state index contributed by atoms with van der Waals surface area (Å²) in [5, 5.41) is 9.46. The maximum absolute atomic E-state index is 10.5. The summed E-state index contributed by atoms with van der Waals surface area (Å²) in [7, 11) is 1.46. The fourth-order valence-corrected chi connectivity index (χ4v) is 0.862. The minimum absolute atomic E-state index is 0.262. The molecule has 0 aromatic heterocycles. The van der Waals surface area contributed by atoms with Crippen molar-refractivity contribution in [2.45, 2.75) is 19.1 Å². The third-order valence-corrected chi connectivity index (χ3v) is 1.41. The normalized spacial score (nSPS) is 27.6. The van der Waals surface area contributed by atoms with Gasteiger partial charge in [-0.25, -0.2) is 0 Å². The molecular weight excluding hydrogens is 122 g/mol. The van der Waals surface area contributed by atoms with Crippen LogP contribution in [0.2, 0.25) is 0 Å². The smallest absolute Gasteiger partial charge is 0.248 e. The molecule has 0 aromatic rings. The number of carbonyl (C=O) groups is 1. The Bertz CT molecular complexity index is 125. The number of ether oxygens (including phenoxy) is 1. The molecule has 52 valence electrons. The molecule has 0 spiro atoms. The highest BCUT2D eigenvalue weighted by molar-refractivity contribution is 5.77. The van der Waals surface area contributed by atoms with Gasteiger partial charge in [-0.2, -0.15) is 5.06 Å². The van der Waals surface area contributed by atoms with Crippen LogP contribution < -0.4 is 0 Å². The molecule has 1 unspecified atom stereocenters. The van der Waals surface area contributed by atoms with Gasteiger partial charge >= 0.3 is 0 Å². The Labute approximate surface area is 53.0 Å². The number of amides is 1. The van der Waals surface area contributed by atoms with E-state index in [9.17, 15) is 4.79 Å². The Morgan fingerprint density at radius 2 is 2.56 bits per heavy atom. The minimum atomic E-state index is -0.419. The van der Waals surface area contributed by atoms with Gasteiger partial charge in [0.15, 0.2) is 6.23 Å². The fourth-order valence-electron chi connectivity index (χ4n) is 0.862. The molecule has 1 amide bonds. The number of rotatable bonds is 1. The summed E-state index contributed by atoms with van der Waals surface area (Å²) in [6.45, 7) is 0. The molecule has 1 aliphatic rings. The summed E-state index contributed by atoms with van der Waals surface area (Å²) in [4.78, 5) is 10.5. The van der Waals surface area contributed by atoms with Gasteiger partial charge in [0.05, 0.1) is 0 Å². The average molecular weight is 131 g/mol. The van der Waals surface area contributed by atoms with E-state index in [-0.39, 0.29) is 5.91 Å². The largest absolute Gasteiger partial charge is 0.359 e. The molecule has 1 atom stereocenters. The fraction of sp³-hybridized carbons (Fsp3) is 0.800. The predicted octanol–water partition coefficient (Wildman–Crippen LogP) is -0.0295. The maximum Gasteiger partial charge on any atom is 0.248 e. The second-order valence-electron chi connectivity index (χ2n) is 1.97. The van der Waals surface area contributed by atoms with Gasteiger partial charge in [-0.1, -0.05) is 0 Å². The van der Waals surface area contributed by atoms with Crippen LogP contribution in [0.15, 0.2) is 0 Å². The van der Waals surface area contributed by atoms with Crippen molar-refractivity contribution in [3.63, 3.8) is 0 Å². The van der Waals surface area contributed by atoms with Crippen molar-refractivity contribution in [3.8, 4) is 0 Å². The molecular formula is C5H9NO3. The van der Waals surface area contributed by atoms with Crippen LogP contribution in [0.1, 0.15) is 12.8 Å². The molecule has 1 N–H and O–H groups in total. The zero-order valence-corrected chi connectivity index (χ0v) is 5.20. The van der Waals surface area contributed by atoms with Crippen molar-refractivity contribution in [3.05, 3.63) is 0 Å². The first-order valence-corrected chi connectivity index (χ1v) is 2.79. The van der Waals surface area contributed by atoms with Gasteiger partial charge in [-0.15, -0.1) is 0 Å². The molecule has 1 aliphatic heterocycles. The van der Waals surface area contributed by atoms with E-state index in [1.54, 1.807) is 0 Å². The van der Waals surface area contributed by atoms with Crippen molar-refractivity contribution in [1.29, 1.82) is 0 Å². The van der Waals surface area contributed by atoms with E-state index < -0.39 is 6.23 Å². The Hall–Kier alpha value is -0.610. The molecule has 0 aliphatic carbocycles. The maximum atomic E-state index is 10.5. The molecule has 0 bridgehead atoms. The van der Waals surface area contributed by atoms with Gasteiger partial charge in [0.1, 0.15) is 0 Å². The molecule has 4 nitrogen and oxygen atoms in total. The molecule has 9 heavy (non-hydrogen) atoms. The van der Waals surface area contributed by atoms with Crippen molar-refractivity contribution >= 4 is 5.91 Å². The summed E-state index contributed by atoms with van der Waals surface area (Å²) in [5.74, 6) is -0.262.